The van der Waals surface area contributed by atoms with Crippen LogP contribution < -0.4 is 0 Å². The highest BCUT2D eigenvalue weighted by atomic mass is 28.4. The molecule has 1 N–H and O–H groups in total. The van der Waals surface area contributed by atoms with E-state index in [0.29, 0.717) is 6.42 Å². The van der Waals surface area contributed by atoms with Gasteiger partial charge in [0.15, 0.2) is 19.1 Å². The van der Waals surface area contributed by atoms with E-state index in [4.69, 9.17) is 9.82 Å². The van der Waals surface area contributed by atoms with Crippen LogP contribution >= 0.6 is 0 Å². The maximum Gasteiger partial charge on any atom is 0.505 e. The highest BCUT2D eigenvalue weighted by molar-refractivity contribution is 6.74. The molecule has 1 atom stereocenters. The minimum Gasteiger partial charge on any atom is -0.505 e. The zero-order chi connectivity index (χ0) is 18.3. The lowest BCUT2D eigenvalue weighted by Crippen LogP contribution is -2.44. The molecule has 0 radical (unpaired) electrons. The molecule has 7 heteroatoms. The van der Waals surface area contributed by atoms with Crippen molar-refractivity contribution in [2.45, 2.75) is 64.3 Å². The highest BCUT2D eigenvalue weighted by Crippen LogP contribution is 2.38. The quantitative estimate of drug-likeness (QED) is 0.175. The molecule has 0 spiro atoms. The Morgan fingerprint density at radius 2 is 2.00 bits per heavy atom. The molecule has 0 rings (SSSR count). The van der Waals surface area contributed by atoms with Gasteiger partial charge in [-0.2, -0.15) is 0 Å². The van der Waals surface area contributed by atoms with E-state index in [1.54, 1.807) is 6.08 Å². The first kappa shape index (κ1) is 21.3. The first-order chi connectivity index (χ1) is 10.5. The average molecular weight is 342 g/mol. The molecule has 0 heterocycles. The molecule has 0 bridgehead atoms. The van der Waals surface area contributed by atoms with Crippen LogP contribution in [0.1, 0.15) is 40.0 Å². The molecule has 0 aromatic heterocycles. The summed E-state index contributed by atoms with van der Waals surface area (Å²) in [7, 11) is -0.888. The van der Waals surface area contributed by atoms with E-state index in [0.717, 1.165) is 13.5 Å². The molecule has 0 amide bonds. The van der Waals surface area contributed by atoms with E-state index in [2.05, 4.69) is 50.2 Å². The van der Waals surface area contributed by atoms with Gasteiger partial charge < -0.3 is 14.3 Å². The molecule has 0 unspecified atom stereocenters. The van der Waals surface area contributed by atoms with E-state index in [1.807, 2.05) is 0 Å². The number of methoxy groups -OCH3 is 1. The Morgan fingerprint density at radius 1 is 1.43 bits per heavy atom. The summed E-state index contributed by atoms with van der Waals surface area (Å²) in [6, 6.07) is 0. The Kier molecular flexibility index (Phi) is 8.21. The fraction of sp³-hybridized carbons (Fsp3) is 0.688. The van der Waals surface area contributed by atoms with Crippen LogP contribution in [0.2, 0.25) is 18.1 Å². The standard InChI is InChI=1S/C16H28N2O4Si/c1-8-9-10-12(22-23(6,7)16(2,3)4)11-13(19)14(18-17)15(20)21-5/h8,12H,1,9-11H2,2-7H3/p+1/t12-/m1/s1. The lowest BCUT2D eigenvalue weighted by molar-refractivity contribution is -0.136. The summed E-state index contributed by atoms with van der Waals surface area (Å²) in [6.07, 6.45) is 2.93. The van der Waals surface area contributed by atoms with Crippen LogP contribution in [0.15, 0.2) is 24.1 Å². The largest absolute Gasteiger partial charge is 0.505 e. The summed E-state index contributed by atoms with van der Waals surface area (Å²) in [5, 5.41) is 19.0. The minimum atomic E-state index is -2.04. The number of hydrogen-bond acceptors (Lipinski definition) is 5. The maximum atomic E-state index is 11.5. The Hall–Kier alpha value is -1.65. The van der Waals surface area contributed by atoms with Crippen molar-refractivity contribution in [3.05, 3.63) is 29.1 Å². The van der Waals surface area contributed by atoms with E-state index in [9.17, 15) is 9.90 Å². The predicted molar refractivity (Wildman–Crippen MR) is 92.9 cm³/mol. The van der Waals surface area contributed by atoms with Gasteiger partial charge in [0.05, 0.1) is 13.2 Å². The molecule has 0 fully saturated rings. The zero-order valence-corrected chi connectivity index (χ0v) is 16.0. The molecule has 0 aromatic rings. The summed E-state index contributed by atoms with van der Waals surface area (Å²) < 4.78 is 10.8. The van der Waals surface area contributed by atoms with Gasteiger partial charge in [0.2, 0.25) is 5.39 Å². The summed E-state index contributed by atoms with van der Waals surface area (Å²) >= 11 is 0. The number of esters is 1. The van der Waals surface area contributed by atoms with Gasteiger partial charge in [0, 0.05) is 6.42 Å². The van der Waals surface area contributed by atoms with Crippen molar-refractivity contribution < 1.29 is 19.1 Å². The van der Waals surface area contributed by atoms with Crippen LogP contribution in [-0.4, -0.2) is 32.6 Å². The average Bonchev–Trinajstić information content (AvgIpc) is 2.43. The molecule has 0 aliphatic rings. The van der Waals surface area contributed by atoms with Gasteiger partial charge in [-0.05, 0) is 31.0 Å². The van der Waals surface area contributed by atoms with Crippen LogP contribution in [0, 0.1) is 5.39 Å². The molecule has 0 aliphatic carbocycles. The molecular formula is C16H29N2O4Si+. The van der Waals surface area contributed by atoms with Crippen LogP contribution in [-0.2, 0) is 14.0 Å². The molecule has 23 heavy (non-hydrogen) atoms. The number of aliphatic hydroxyl groups excluding tert-OH is 1. The first-order valence-corrected chi connectivity index (χ1v) is 10.5. The molecule has 130 valence electrons. The van der Waals surface area contributed by atoms with Crippen molar-refractivity contribution in [1.29, 1.82) is 5.39 Å². The number of carbonyl (C=O) groups excluding carboxylic acids is 1. The second kappa shape index (κ2) is 8.84. The van der Waals surface area contributed by atoms with E-state index < -0.39 is 20.0 Å². The van der Waals surface area contributed by atoms with Crippen molar-refractivity contribution in [2.24, 2.45) is 0 Å². The Morgan fingerprint density at radius 3 is 2.39 bits per heavy atom. The Bertz CT molecular complexity index is 501. The normalized spacial score (nSPS) is 14.5. The number of diazo groups is 1. The maximum absolute atomic E-state index is 11.5. The third-order valence-electron chi connectivity index (χ3n) is 4.13. The SMILES string of the molecule is C=CCC[C@H](C/C(O)=C(\[N+]#N)C(=O)OC)O[Si](C)(C)C(C)(C)C. The summed E-state index contributed by atoms with van der Waals surface area (Å²) in [5.41, 5.74) is -0.491. The van der Waals surface area contributed by atoms with Crippen molar-refractivity contribution in [2.75, 3.05) is 7.11 Å². The lowest BCUT2D eigenvalue weighted by Gasteiger charge is -2.39. The summed E-state index contributed by atoms with van der Waals surface area (Å²) in [4.78, 5) is 14.3. The van der Waals surface area contributed by atoms with E-state index >= 15 is 0 Å². The monoisotopic (exact) mass is 341 g/mol. The van der Waals surface area contributed by atoms with Crippen LogP contribution in [0.25, 0.3) is 4.98 Å². The Balaban J connectivity index is 5.35. The number of allylic oxidation sites excluding steroid dienone is 1. The number of carbonyl (C=O) groups is 1. The minimum absolute atomic E-state index is 0.0191. The van der Waals surface area contributed by atoms with Crippen molar-refractivity contribution >= 4 is 14.3 Å². The third kappa shape index (κ3) is 6.55. The molecule has 6 nitrogen and oxygen atoms in total. The number of rotatable bonds is 8. The molecular weight excluding hydrogens is 312 g/mol. The summed E-state index contributed by atoms with van der Waals surface area (Å²) in [6.45, 7) is 14.3. The van der Waals surface area contributed by atoms with Crippen LogP contribution in [0.5, 0.6) is 0 Å². The zero-order valence-electron chi connectivity index (χ0n) is 15.0. The van der Waals surface area contributed by atoms with Crippen molar-refractivity contribution in [3.63, 3.8) is 0 Å². The second-order valence-electron chi connectivity index (χ2n) is 6.96. The predicted octanol–water partition coefficient (Wildman–Crippen LogP) is 4.53. The fourth-order valence-corrected chi connectivity index (χ4v) is 3.11. The van der Waals surface area contributed by atoms with Gasteiger partial charge in [-0.3, -0.25) is 0 Å². The molecule has 0 aliphatic heterocycles. The fourth-order valence-electron chi connectivity index (χ4n) is 1.73. The van der Waals surface area contributed by atoms with Gasteiger partial charge in [-0.25, -0.2) is 4.79 Å². The highest BCUT2D eigenvalue weighted by Gasteiger charge is 2.40. The number of ether oxygens (including phenoxy) is 1. The van der Waals surface area contributed by atoms with Gasteiger partial charge in [-0.15, -0.1) is 6.58 Å². The van der Waals surface area contributed by atoms with Crippen LogP contribution in [0.3, 0.4) is 0 Å². The molecule has 0 saturated heterocycles. The summed E-state index contributed by atoms with van der Waals surface area (Å²) in [5.74, 6) is -1.23. The number of nitrogens with zero attached hydrogens (tertiary/aromatic N) is 2. The van der Waals surface area contributed by atoms with Gasteiger partial charge in [0.1, 0.15) is 0 Å². The Labute approximate surface area is 139 Å². The van der Waals surface area contributed by atoms with Gasteiger partial charge in [0.25, 0.3) is 0 Å². The number of hydrogen-bond donors (Lipinski definition) is 1. The van der Waals surface area contributed by atoms with Gasteiger partial charge >= 0.3 is 11.7 Å². The first-order valence-electron chi connectivity index (χ1n) is 7.64. The smallest absolute Gasteiger partial charge is 0.505 e. The van der Waals surface area contributed by atoms with Crippen molar-refractivity contribution in [3.8, 4) is 0 Å². The third-order valence-corrected chi connectivity index (χ3v) is 8.67. The van der Waals surface area contributed by atoms with Crippen molar-refractivity contribution in [1.82, 2.24) is 0 Å². The van der Waals surface area contributed by atoms with Crippen LogP contribution in [0.4, 0.5) is 0 Å². The second-order valence-corrected chi connectivity index (χ2v) is 11.7. The topological polar surface area (TPSA) is 83.9 Å². The number of aliphatic hydroxyl groups is 1. The van der Waals surface area contributed by atoms with E-state index in [-0.39, 0.29) is 23.3 Å². The molecule has 0 aromatic carbocycles. The van der Waals surface area contributed by atoms with E-state index in [1.165, 1.54) is 0 Å². The lowest BCUT2D eigenvalue weighted by atomic mass is 10.1. The van der Waals surface area contributed by atoms with Gasteiger partial charge in [-0.1, -0.05) is 26.8 Å². The molecule has 0 saturated carbocycles.